The van der Waals surface area contributed by atoms with E-state index in [4.69, 9.17) is 15.2 Å². The number of carbonyl (C=O) groups excluding carboxylic acids is 2. The fourth-order valence-corrected chi connectivity index (χ4v) is 4.13. The Labute approximate surface area is 217 Å². The topological polar surface area (TPSA) is 90.7 Å². The number of benzene rings is 4. The quantitative estimate of drug-likeness (QED) is 0.297. The van der Waals surface area contributed by atoms with Crippen LogP contribution in [0.3, 0.4) is 0 Å². The van der Waals surface area contributed by atoms with Gasteiger partial charge >= 0.3 is 5.97 Å². The van der Waals surface area contributed by atoms with E-state index >= 15 is 0 Å². The Morgan fingerprint density at radius 2 is 1.51 bits per heavy atom. The fourth-order valence-electron chi connectivity index (χ4n) is 4.13. The van der Waals surface area contributed by atoms with E-state index in [1.165, 1.54) is 7.11 Å². The Morgan fingerprint density at radius 3 is 2.16 bits per heavy atom. The molecule has 0 unspecified atom stereocenters. The zero-order valence-corrected chi connectivity index (χ0v) is 21.4. The van der Waals surface area contributed by atoms with Crippen molar-refractivity contribution in [1.29, 1.82) is 0 Å². The summed E-state index contributed by atoms with van der Waals surface area (Å²) in [5.74, 6) is 0.0638. The normalized spacial score (nSPS) is 12.1. The second-order valence-electron chi connectivity index (χ2n) is 9.58. The number of nitrogens with two attached hydrogens (primary N) is 1. The van der Waals surface area contributed by atoms with Gasteiger partial charge < -0.3 is 20.5 Å². The molecule has 37 heavy (non-hydrogen) atoms. The lowest BCUT2D eigenvalue weighted by Crippen LogP contribution is -2.50. The first-order valence-corrected chi connectivity index (χ1v) is 12.2. The van der Waals surface area contributed by atoms with Crippen molar-refractivity contribution in [1.82, 2.24) is 5.32 Å². The molecule has 0 radical (unpaired) electrons. The standard InChI is InChI=1S/C31H32N2O4/c1-31(2,32)30(35)33-27(19-29(34)36-3)23-15-13-22(14-16-23)24-17-18-28(26-12-8-7-11-25(24)26)37-20-21-9-5-4-6-10-21/h4-18,27H,19-20,32H2,1-3H3,(H,33,35)/t27-/m0/s1. The van der Waals surface area contributed by atoms with Gasteiger partial charge in [0, 0.05) is 5.39 Å². The zero-order chi connectivity index (χ0) is 26.4. The molecule has 6 heteroatoms. The molecule has 0 fully saturated rings. The molecule has 6 nitrogen and oxygen atoms in total. The molecule has 4 rings (SSSR count). The van der Waals surface area contributed by atoms with Gasteiger partial charge in [-0.1, -0.05) is 84.9 Å². The molecule has 4 aromatic carbocycles. The molecule has 4 aromatic rings. The number of carbonyl (C=O) groups is 2. The lowest BCUT2D eigenvalue weighted by molar-refractivity contribution is -0.141. The van der Waals surface area contributed by atoms with Gasteiger partial charge in [0.2, 0.25) is 5.91 Å². The summed E-state index contributed by atoms with van der Waals surface area (Å²) in [5.41, 5.74) is 8.85. The second kappa shape index (κ2) is 11.3. The van der Waals surface area contributed by atoms with Crippen molar-refractivity contribution in [3.63, 3.8) is 0 Å². The highest BCUT2D eigenvalue weighted by Crippen LogP contribution is 2.35. The third-order valence-electron chi connectivity index (χ3n) is 6.23. The van der Waals surface area contributed by atoms with E-state index in [0.717, 1.165) is 38.8 Å². The summed E-state index contributed by atoms with van der Waals surface area (Å²) in [5, 5.41) is 4.98. The highest BCUT2D eigenvalue weighted by molar-refractivity contribution is 6.00. The molecular weight excluding hydrogens is 464 g/mol. The molecule has 0 saturated carbocycles. The third kappa shape index (κ3) is 6.35. The van der Waals surface area contributed by atoms with E-state index in [9.17, 15) is 9.59 Å². The minimum absolute atomic E-state index is 0.00798. The third-order valence-corrected chi connectivity index (χ3v) is 6.23. The van der Waals surface area contributed by atoms with Gasteiger partial charge in [-0.15, -0.1) is 0 Å². The van der Waals surface area contributed by atoms with Crippen molar-refractivity contribution in [2.24, 2.45) is 5.73 Å². The molecule has 3 N–H and O–H groups in total. The van der Waals surface area contributed by atoms with Gasteiger partial charge in [-0.3, -0.25) is 9.59 Å². The highest BCUT2D eigenvalue weighted by Gasteiger charge is 2.27. The van der Waals surface area contributed by atoms with Crippen LogP contribution >= 0.6 is 0 Å². The number of methoxy groups -OCH3 is 1. The Kier molecular flexibility index (Phi) is 7.89. The van der Waals surface area contributed by atoms with Crippen LogP contribution in [0.15, 0.2) is 91.0 Å². The average molecular weight is 497 g/mol. The number of amides is 1. The van der Waals surface area contributed by atoms with Gasteiger partial charge in [-0.25, -0.2) is 0 Å². The first kappa shape index (κ1) is 25.9. The maximum absolute atomic E-state index is 12.5. The van der Waals surface area contributed by atoms with E-state index in [1.54, 1.807) is 13.8 Å². The summed E-state index contributed by atoms with van der Waals surface area (Å²) in [4.78, 5) is 24.5. The van der Waals surface area contributed by atoms with Crippen LogP contribution in [0.2, 0.25) is 0 Å². The average Bonchev–Trinajstić information content (AvgIpc) is 2.91. The van der Waals surface area contributed by atoms with Crippen LogP contribution < -0.4 is 15.8 Å². The predicted octanol–water partition coefficient (Wildman–Crippen LogP) is 5.54. The molecule has 1 atom stereocenters. The summed E-state index contributed by atoms with van der Waals surface area (Å²) >= 11 is 0. The summed E-state index contributed by atoms with van der Waals surface area (Å²) in [6, 6.07) is 29.6. The number of esters is 1. The lowest BCUT2D eigenvalue weighted by Gasteiger charge is -2.24. The van der Waals surface area contributed by atoms with Crippen LogP contribution in [0.4, 0.5) is 0 Å². The number of rotatable bonds is 9. The monoisotopic (exact) mass is 496 g/mol. The maximum atomic E-state index is 12.5. The molecule has 0 aliphatic heterocycles. The molecular formula is C31H32N2O4. The molecule has 1 amide bonds. The Balaban J connectivity index is 1.61. The number of ether oxygens (including phenoxy) is 2. The summed E-state index contributed by atoms with van der Waals surface area (Å²) < 4.78 is 11.0. The van der Waals surface area contributed by atoms with E-state index in [-0.39, 0.29) is 12.3 Å². The van der Waals surface area contributed by atoms with E-state index in [1.807, 2.05) is 72.8 Å². The first-order valence-electron chi connectivity index (χ1n) is 12.2. The fraction of sp³-hybridized carbons (Fsp3) is 0.226. The number of hydrogen-bond acceptors (Lipinski definition) is 5. The van der Waals surface area contributed by atoms with Gasteiger partial charge in [0.1, 0.15) is 12.4 Å². The van der Waals surface area contributed by atoms with Crippen LogP contribution in [-0.2, 0) is 20.9 Å². The van der Waals surface area contributed by atoms with E-state index in [0.29, 0.717) is 6.61 Å². The SMILES string of the molecule is COC(=O)C[C@H](NC(=O)C(C)(C)N)c1ccc(-c2ccc(OCc3ccccc3)c3ccccc23)cc1. The molecule has 0 aliphatic rings. The van der Waals surface area contributed by atoms with Gasteiger partial charge in [-0.2, -0.15) is 0 Å². The second-order valence-corrected chi connectivity index (χ2v) is 9.58. The predicted molar refractivity (Wildman–Crippen MR) is 146 cm³/mol. The molecule has 0 aliphatic carbocycles. The summed E-state index contributed by atoms with van der Waals surface area (Å²) in [6.07, 6.45) is 0.00798. The largest absolute Gasteiger partial charge is 0.488 e. The van der Waals surface area contributed by atoms with Crippen molar-refractivity contribution in [3.8, 4) is 16.9 Å². The Bertz CT molecular complexity index is 1380. The molecule has 190 valence electrons. The van der Waals surface area contributed by atoms with Crippen molar-refractivity contribution >= 4 is 22.6 Å². The number of fused-ring (bicyclic) bond motifs is 1. The zero-order valence-electron chi connectivity index (χ0n) is 21.4. The highest BCUT2D eigenvalue weighted by atomic mass is 16.5. The maximum Gasteiger partial charge on any atom is 0.307 e. The molecule has 0 saturated heterocycles. The minimum atomic E-state index is -1.07. The molecule has 0 bridgehead atoms. The molecule has 0 aromatic heterocycles. The Morgan fingerprint density at radius 1 is 0.865 bits per heavy atom. The van der Waals surface area contributed by atoms with Crippen LogP contribution in [0.25, 0.3) is 21.9 Å². The van der Waals surface area contributed by atoms with Gasteiger partial charge in [0.05, 0.1) is 25.1 Å². The molecule has 0 spiro atoms. The summed E-state index contributed by atoms with van der Waals surface area (Å²) in [6.45, 7) is 3.74. The molecule has 0 heterocycles. The van der Waals surface area contributed by atoms with Gasteiger partial charge in [0.25, 0.3) is 0 Å². The summed E-state index contributed by atoms with van der Waals surface area (Å²) in [7, 11) is 1.33. The van der Waals surface area contributed by atoms with Crippen molar-refractivity contribution in [3.05, 3.63) is 102 Å². The lowest BCUT2D eigenvalue weighted by atomic mass is 9.94. The van der Waals surface area contributed by atoms with Crippen molar-refractivity contribution in [2.75, 3.05) is 7.11 Å². The number of hydrogen-bond donors (Lipinski definition) is 2. The van der Waals surface area contributed by atoms with Crippen molar-refractivity contribution in [2.45, 2.75) is 38.5 Å². The first-order chi connectivity index (χ1) is 17.8. The van der Waals surface area contributed by atoms with Gasteiger partial charge in [0.15, 0.2) is 0 Å². The Hall–Kier alpha value is -4.16. The van der Waals surface area contributed by atoms with Crippen LogP contribution in [-0.4, -0.2) is 24.5 Å². The van der Waals surface area contributed by atoms with Crippen LogP contribution in [0, 0.1) is 0 Å². The number of nitrogens with one attached hydrogen (secondary N) is 1. The van der Waals surface area contributed by atoms with Crippen molar-refractivity contribution < 1.29 is 19.1 Å². The minimum Gasteiger partial charge on any atom is -0.488 e. The van der Waals surface area contributed by atoms with Crippen LogP contribution in [0.1, 0.15) is 37.4 Å². The van der Waals surface area contributed by atoms with E-state index < -0.39 is 17.6 Å². The van der Waals surface area contributed by atoms with Crippen LogP contribution in [0.5, 0.6) is 5.75 Å². The van der Waals surface area contributed by atoms with Gasteiger partial charge in [-0.05, 0) is 47.6 Å². The smallest absolute Gasteiger partial charge is 0.307 e. The van der Waals surface area contributed by atoms with E-state index in [2.05, 4.69) is 23.5 Å².